The lowest BCUT2D eigenvalue weighted by molar-refractivity contribution is -0.140. The van der Waals surface area contributed by atoms with Gasteiger partial charge in [0.2, 0.25) is 0 Å². The fourth-order valence-electron chi connectivity index (χ4n) is 4.09. The summed E-state index contributed by atoms with van der Waals surface area (Å²) in [6, 6.07) is 14.5. The maximum atomic E-state index is 12.4. The Bertz CT molecular complexity index is 1030. The van der Waals surface area contributed by atoms with Gasteiger partial charge in [-0.3, -0.25) is 4.79 Å². The van der Waals surface area contributed by atoms with Crippen molar-refractivity contribution >= 4 is 27.4 Å². The summed E-state index contributed by atoms with van der Waals surface area (Å²) in [5, 5.41) is 0.772. The smallest absolute Gasteiger partial charge is 0.305 e. The van der Waals surface area contributed by atoms with E-state index >= 15 is 0 Å². The SMILES string of the molecule is COC(=O)CCCS(=O)(=O)c1ccc(OCC2CN(CCc3cccc(Cl)c3)CC2C)cc1. The molecule has 0 spiro atoms. The van der Waals surface area contributed by atoms with Gasteiger partial charge in [-0.25, -0.2) is 8.42 Å². The van der Waals surface area contributed by atoms with Gasteiger partial charge >= 0.3 is 5.97 Å². The number of nitrogens with zero attached hydrogens (tertiary/aromatic N) is 1. The second-order valence-corrected chi connectivity index (χ2v) is 11.2. The van der Waals surface area contributed by atoms with Gasteiger partial charge in [0.15, 0.2) is 9.84 Å². The number of hydrogen-bond acceptors (Lipinski definition) is 6. The van der Waals surface area contributed by atoms with E-state index < -0.39 is 15.8 Å². The van der Waals surface area contributed by atoms with E-state index in [4.69, 9.17) is 16.3 Å². The molecule has 0 N–H and O–H groups in total. The molecule has 2 aromatic rings. The van der Waals surface area contributed by atoms with E-state index in [1.807, 2.05) is 18.2 Å². The number of sulfone groups is 1. The number of likely N-dealkylation sites (tertiary alicyclic amines) is 1. The summed E-state index contributed by atoms with van der Waals surface area (Å²) in [4.78, 5) is 13.9. The normalized spacial score (nSPS) is 18.9. The van der Waals surface area contributed by atoms with E-state index in [0.29, 0.717) is 24.2 Å². The lowest BCUT2D eigenvalue weighted by Gasteiger charge is -2.17. The largest absolute Gasteiger partial charge is 0.493 e. The molecule has 2 aromatic carbocycles. The predicted octanol–water partition coefficient (Wildman–Crippen LogP) is 4.26. The molecule has 1 fully saturated rings. The highest BCUT2D eigenvalue weighted by atomic mass is 35.5. The van der Waals surface area contributed by atoms with Crippen LogP contribution in [0.3, 0.4) is 0 Å². The maximum Gasteiger partial charge on any atom is 0.305 e. The van der Waals surface area contributed by atoms with Crippen LogP contribution in [0, 0.1) is 11.8 Å². The standard InChI is InChI=1S/C25H32ClNO5S/c1-19-16-27(13-12-20-5-3-6-22(26)15-20)17-21(19)18-32-23-8-10-24(11-9-23)33(29,30)14-4-7-25(28)31-2/h3,5-6,8-11,15,19,21H,4,7,12-14,16-18H2,1-2H3. The first kappa shape index (κ1) is 25.5. The molecular formula is C25H32ClNO5S. The number of benzene rings is 2. The highest BCUT2D eigenvalue weighted by molar-refractivity contribution is 7.91. The summed E-state index contributed by atoms with van der Waals surface area (Å²) in [6.45, 7) is 5.85. The van der Waals surface area contributed by atoms with Crippen LogP contribution in [0.15, 0.2) is 53.4 Å². The third-order valence-electron chi connectivity index (χ3n) is 6.12. The number of rotatable bonds is 11. The van der Waals surface area contributed by atoms with Crippen molar-refractivity contribution in [3.05, 3.63) is 59.1 Å². The summed E-state index contributed by atoms with van der Waals surface area (Å²) in [5.41, 5.74) is 1.25. The van der Waals surface area contributed by atoms with Crippen LogP contribution in [-0.4, -0.2) is 58.4 Å². The topological polar surface area (TPSA) is 72.9 Å². The van der Waals surface area contributed by atoms with Gasteiger partial charge in [-0.05, 0) is 60.7 Å². The molecule has 0 aliphatic carbocycles. The molecule has 1 aliphatic heterocycles. The molecule has 180 valence electrons. The van der Waals surface area contributed by atoms with E-state index in [2.05, 4.69) is 22.6 Å². The third kappa shape index (κ3) is 7.73. The number of carbonyl (C=O) groups excluding carboxylic acids is 1. The molecule has 0 amide bonds. The van der Waals surface area contributed by atoms with Crippen LogP contribution in [0.25, 0.3) is 0 Å². The van der Waals surface area contributed by atoms with E-state index in [1.165, 1.54) is 12.7 Å². The van der Waals surface area contributed by atoms with Crippen molar-refractivity contribution in [1.82, 2.24) is 4.90 Å². The Balaban J connectivity index is 1.45. The van der Waals surface area contributed by atoms with Crippen LogP contribution < -0.4 is 4.74 Å². The molecular weight excluding hydrogens is 462 g/mol. The molecule has 2 atom stereocenters. The van der Waals surface area contributed by atoms with Gasteiger partial charge in [-0.1, -0.05) is 30.7 Å². The van der Waals surface area contributed by atoms with Crippen molar-refractivity contribution in [3.8, 4) is 5.75 Å². The molecule has 1 saturated heterocycles. The minimum absolute atomic E-state index is 0.0899. The van der Waals surface area contributed by atoms with Gasteiger partial charge in [0.05, 0.1) is 24.4 Å². The Morgan fingerprint density at radius 1 is 1.15 bits per heavy atom. The quantitative estimate of drug-likeness (QED) is 0.435. The Hall–Kier alpha value is -2.09. The van der Waals surface area contributed by atoms with Crippen LogP contribution in [0.4, 0.5) is 0 Å². The first-order valence-electron chi connectivity index (χ1n) is 11.3. The van der Waals surface area contributed by atoms with E-state index in [0.717, 1.165) is 31.1 Å². The van der Waals surface area contributed by atoms with Gasteiger partial charge in [-0.2, -0.15) is 0 Å². The van der Waals surface area contributed by atoms with Crippen LogP contribution in [-0.2, 0) is 25.8 Å². The molecule has 1 aliphatic rings. The maximum absolute atomic E-state index is 12.4. The Kier molecular flexibility index (Phi) is 9.18. The Labute approximate surface area is 201 Å². The summed E-state index contributed by atoms with van der Waals surface area (Å²) < 4.78 is 35.4. The fourth-order valence-corrected chi connectivity index (χ4v) is 5.62. The average molecular weight is 494 g/mol. The summed E-state index contributed by atoms with van der Waals surface area (Å²) in [7, 11) is -2.15. The number of halogens is 1. The number of methoxy groups -OCH3 is 1. The second-order valence-electron chi connectivity index (χ2n) is 8.66. The molecule has 8 heteroatoms. The molecule has 3 rings (SSSR count). The zero-order valence-electron chi connectivity index (χ0n) is 19.2. The lowest BCUT2D eigenvalue weighted by Crippen LogP contribution is -2.24. The van der Waals surface area contributed by atoms with Crippen LogP contribution in [0.2, 0.25) is 5.02 Å². The highest BCUT2D eigenvalue weighted by Gasteiger charge is 2.29. The van der Waals surface area contributed by atoms with Crippen molar-refractivity contribution in [1.29, 1.82) is 0 Å². The molecule has 0 bridgehead atoms. The van der Waals surface area contributed by atoms with E-state index in [9.17, 15) is 13.2 Å². The van der Waals surface area contributed by atoms with E-state index in [1.54, 1.807) is 24.3 Å². The van der Waals surface area contributed by atoms with Gasteiger partial charge < -0.3 is 14.4 Å². The van der Waals surface area contributed by atoms with Crippen molar-refractivity contribution in [2.45, 2.75) is 31.1 Å². The number of ether oxygens (including phenoxy) is 2. The molecule has 0 saturated carbocycles. The Morgan fingerprint density at radius 2 is 1.91 bits per heavy atom. The van der Waals surface area contributed by atoms with Crippen LogP contribution in [0.5, 0.6) is 5.75 Å². The van der Waals surface area contributed by atoms with E-state index in [-0.39, 0.29) is 23.5 Å². The minimum atomic E-state index is -3.44. The highest BCUT2D eigenvalue weighted by Crippen LogP contribution is 2.25. The van der Waals surface area contributed by atoms with Crippen molar-refractivity contribution < 1.29 is 22.7 Å². The lowest BCUT2D eigenvalue weighted by atomic mass is 9.99. The molecule has 0 aromatic heterocycles. The average Bonchev–Trinajstić information content (AvgIpc) is 3.15. The fraction of sp³-hybridized carbons (Fsp3) is 0.480. The molecule has 33 heavy (non-hydrogen) atoms. The summed E-state index contributed by atoms with van der Waals surface area (Å²) in [6.07, 6.45) is 1.30. The first-order chi connectivity index (χ1) is 15.8. The minimum Gasteiger partial charge on any atom is -0.493 e. The third-order valence-corrected chi connectivity index (χ3v) is 8.17. The number of hydrogen-bond donors (Lipinski definition) is 0. The van der Waals surface area contributed by atoms with Gasteiger partial charge in [0.1, 0.15) is 5.75 Å². The zero-order chi connectivity index (χ0) is 23.8. The zero-order valence-corrected chi connectivity index (χ0v) is 20.8. The molecule has 6 nitrogen and oxygen atoms in total. The molecule has 1 heterocycles. The van der Waals surface area contributed by atoms with Crippen LogP contribution in [0.1, 0.15) is 25.3 Å². The molecule has 2 unspecified atom stereocenters. The number of carbonyl (C=O) groups is 1. The van der Waals surface area contributed by atoms with Gasteiger partial charge in [0, 0.05) is 37.0 Å². The predicted molar refractivity (Wildman–Crippen MR) is 129 cm³/mol. The monoisotopic (exact) mass is 493 g/mol. The van der Waals surface area contributed by atoms with Gasteiger partial charge in [0.25, 0.3) is 0 Å². The molecule has 0 radical (unpaired) electrons. The van der Waals surface area contributed by atoms with Gasteiger partial charge in [-0.15, -0.1) is 0 Å². The second kappa shape index (κ2) is 11.9. The summed E-state index contributed by atoms with van der Waals surface area (Å²) in [5.74, 6) is 1.11. The van der Waals surface area contributed by atoms with Crippen LogP contribution >= 0.6 is 11.6 Å². The number of esters is 1. The first-order valence-corrected chi connectivity index (χ1v) is 13.3. The summed E-state index contributed by atoms with van der Waals surface area (Å²) >= 11 is 6.08. The van der Waals surface area contributed by atoms with Crippen molar-refractivity contribution in [3.63, 3.8) is 0 Å². The Morgan fingerprint density at radius 3 is 2.61 bits per heavy atom. The van der Waals surface area contributed by atoms with Crippen molar-refractivity contribution in [2.75, 3.05) is 39.1 Å². The van der Waals surface area contributed by atoms with Crippen molar-refractivity contribution in [2.24, 2.45) is 11.8 Å².